The molecule has 8 atom stereocenters. The molecule has 3 saturated carbocycles. The van der Waals surface area contributed by atoms with Crippen molar-refractivity contribution in [3.8, 4) is 0 Å². The number of nitrogens with one attached hydrogen (secondary N) is 1. The monoisotopic (exact) mass is 550 g/mol. The Balaban J connectivity index is 0.00000400. The van der Waals surface area contributed by atoms with Gasteiger partial charge in [-0.2, -0.15) is 0 Å². The zero-order valence-corrected chi connectivity index (χ0v) is 26.7. The molecule has 4 nitrogen and oxygen atoms in total. The first kappa shape index (κ1) is 31.8. The van der Waals surface area contributed by atoms with Crippen LogP contribution in [0, 0.1) is 46.3 Å². The fourth-order valence-corrected chi connectivity index (χ4v) is 9.44. The molecular formula is C33H59ClN2O2. The van der Waals surface area contributed by atoms with Gasteiger partial charge in [-0.1, -0.05) is 65.5 Å². The van der Waals surface area contributed by atoms with Crippen LogP contribution in [-0.4, -0.2) is 50.9 Å². The Morgan fingerprint density at radius 2 is 1.79 bits per heavy atom. The lowest BCUT2D eigenvalue weighted by molar-refractivity contribution is -0.869. The van der Waals surface area contributed by atoms with Gasteiger partial charge in [0.05, 0.1) is 34.2 Å². The number of hydrogen-bond donors (Lipinski definition) is 1. The van der Waals surface area contributed by atoms with E-state index in [1.54, 1.807) is 5.57 Å². The second-order valence-corrected chi connectivity index (χ2v) is 15.5. The lowest BCUT2D eigenvalue weighted by atomic mass is 9.47. The number of carbonyl (C=O) groups excluding carboxylic acids is 1. The summed E-state index contributed by atoms with van der Waals surface area (Å²) in [6.07, 6.45) is 16.8. The molecule has 1 N–H and O–H groups in total. The molecule has 5 heteroatoms. The van der Waals surface area contributed by atoms with Crippen molar-refractivity contribution in [2.75, 3.05) is 34.2 Å². The summed E-state index contributed by atoms with van der Waals surface area (Å²) >= 11 is 0. The third kappa shape index (κ3) is 6.76. The first-order valence-corrected chi connectivity index (χ1v) is 15.8. The molecule has 0 aromatic carbocycles. The van der Waals surface area contributed by atoms with E-state index in [9.17, 15) is 4.79 Å². The Hall–Kier alpha value is -0.740. The molecule has 0 aromatic heterocycles. The van der Waals surface area contributed by atoms with E-state index in [-0.39, 0.29) is 24.6 Å². The molecule has 0 aromatic rings. The molecule has 4 unspecified atom stereocenters. The van der Waals surface area contributed by atoms with Crippen LogP contribution in [0.2, 0.25) is 0 Å². The molecule has 0 bridgehead atoms. The second kappa shape index (κ2) is 12.4. The van der Waals surface area contributed by atoms with Crippen LogP contribution in [0.15, 0.2) is 11.6 Å². The van der Waals surface area contributed by atoms with Crippen molar-refractivity contribution in [3.63, 3.8) is 0 Å². The maximum atomic E-state index is 12.5. The molecule has 38 heavy (non-hydrogen) atoms. The second-order valence-electron chi connectivity index (χ2n) is 15.5. The molecule has 0 heterocycles. The fraction of sp³-hybridized carbons (Fsp3) is 0.909. The number of nitrogens with zero attached hydrogens (tertiary/aromatic N) is 1. The lowest BCUT2D eigenvalue weighted by Gasteiger charge is -2.58. The first-order chi connectivity index (χ1) is 17.3. The first-order valence-electron chi connectivity index (χ1n) is 15.8. The summed E-state index contributed by atoms with van der Waals surface area (Å²) < 4.78 is 6.75. The van der Waals surface area contributed by atoms with Crippen molar-refractivity contribution >= 4 is 6.09 Å². The van der Waals surface area contributed by atoms with Crippen LogP contribution in [0.3, 0.4) is 0 Å². The highest BCUT2D eigenvalue weighted by atomic mass is 35.5. The molecule has 0 aliphatic heterocycles. The van der Waals surface area contributed by atoms with Gasteiger partial charge in [-0.25, -0.2) is 4.79 Å². The maximum Gasteiger partial charge on any atom is 0.407 e. The summed E-state index contributed by atoms with van der Waals surface area (Å²) in [7, 11) is 6.43. The predicted octanol–water partition coefficient (Wildman–Crippen LogP) is 4.83. The Morgan fingerprint density at radius 1 is 1.05 bits per heavy atom. The fourth-order valence-electron chi connectivity index (χ4n) is 9.44. The zero-order chi connectivity index (χ0) is 27.0. The average Bonchev–Trinajstić information content (AvgIpc) is 3.15. The van der Waals surface area contributed by atoms with Crippen molar-refractivity contribution < 1.29 is 26.4 Å². The van der Waals surface area contributed by atoms with E-state index in [2.05, 4.69) is 67.2 Å². The molecule has 220 valence electrons. The van der Waals surface area contributed by atoms with E-state index in [0.29, 0.717) is 17.4 Å². The number of quaternary nitrogens is 1. The van der Waals surface area contributed by atoms with Gasteiger partial charge in [-0.3, -0.25) is 0 Å². The number of likely N-dealkylation sites (N-methyl/N-ethyl adjacent to an activating group) is 1. The number of ether oxygens (including phenoxy) is 1. The van der Waals surface area contributed by atoms with Crippen LogP contribution in [-0.2, 0) is 4.74 Å². The van der Waals surface area contributed by atoms with Gasteiger partial charge in [0.2, 0.25) is 0 Å². The van der Waals surface area contributed by atoms with Crippen molar-refractivity contribution in [2.24, 2.45) is 46.3 Å². The highest BCUT2D eigenvalue weighted by Gasteiger charge is 2.59. The van der Waals surface area contributed by atoms with Crippen LogP contribution >= 0.6 is 0 Å². The van der Waals surface area contributed by atoms with Crippen molar-refractivity contribution in [2.45, 2.75) is 111 Å². The number of rotatable bonds is 9. The highest BCUT2D eigenvalue weighted by Crippen LogP contribution is 2.67. The molecule has 4 rings (SSSR count). The third-order valence-corrected chi connectivity index (χ3v) is 11.6. The van der Waals surface area contributed by atoms with Crippen LogP contribution in [0.4, 0.5) is 4.79 Å². The van der Waals surface area contributed by atoms with Crippen molar-refractivity contribution in [1.29, 1.82) is 0 Å². The van der Waals surface area contributed by atoms with Gasteiger partial charge in [0.1, 0.15) is 6.10 Å². The Morgan fingerprint density at radius 3 is 2.47 bits per heavy atom. The SMILES string of the molecule is CC(C)CCC[C@@H](C)[C@H]1CCC2C3CC=C4CC(OC(=O)NCC[N+](C)(C)C)CC[C@]4(C)C3CC[C@@]21C.[Cl-]. The van der Waals surface area contributed by atoms with Crippen LogP contribution in [0.25, 0.3) is 0 Å². The van der Waals surface area contributed by atoms with E-state index in [4.69, 9.17) is 4.74 Å². The number of amides is 1. The molecule has 3 fully saturated rings. The van der Waals surface area contributed by atoms with E-state index in [0.717, 1.165) is 59.4 Å². The van der Waals surface area contributed by atoms with Crippen LogP contribution < -0.4 is 17.7 Å². The summed E-state index contributed by atoms with van der Waals surface area (Å²) in [6.45, 7) is 14.1. The Kier molecular flexibility index (Phi) is 10.4. The standard InChI is InChI=1S/C33H58N2O2.ClH/c1-23(2)10-9-11-24(3)28-14-15-29-27-13-12-25-22-26(37-31(36)34-20-21-35(6,7)8)16-18-32(25,4)30(27)17-19-33(28,29)5;/h12,23-24,26-30H,9-11,13-22H2,1-8H3;1H/t24-,26?,27?,28-,29?,30?,32+,33-;/m1./s1. The Bertz CT molecular complexity index is 835. The maximum absolute atomic E-state index is 12.5. The Labute approximate surface area is 241 Å². The predicted molar refractivity (Wildman–Crippen MR) is 154 cm³/mol. The van der Waals surface area contributed by atoms with Gasteiger partial charge >= 0.3 is 6.09 Å². The summed E-state index contributed by atoms with van der Waals surface area (Å²) in [5.41, 5.74) is 2.46. The number of alkyl carbamates (subject to hydrolysis) is 1. The lowest BCUT2D eigenvalue weighted by Crippen LogP contribution is -3.00. The molecule has 4 aliphatic rings. The van der Waals surface area contributed by atoms with Crippen molar-refractivity contribution in [1.82, 2.24) is 5.32 Å². The summed E-state index contributed by atoms with van der Waals surface area (Å²) in [4.78, 5) is 12.5. The number of allylic oxidation sites excluding steroid dienone is 1. The normalized spacial score (nSPS) is 37.3. The molecule has 1 amide bonds. The van der Waals surface area contributed by atoms with E-state index >= 15 is 0 Å². The summed E-state index contributed by atoms with van der Waals surface area (Å²) in [5, 5.41) is 2.98. The van der Waals surface area contributed by atoms with Gasteiger partial charge in [-0.05, 0) is 91.3 Å². The minimum atomic E-state index is -0.232. The van der Waals surface area contributed by atoms with Gasteiger partial charge in [-0.15, -0.1) is 0 Å². The number of hydrogen-bond acceptors (Lipinski definition) is 2. The van der Waals surface area contributed by atoms with Gasteiger partial charge in [0, 0.05) is 6.42 Å². The number of carbonyl (C=O) groups is 1. The quantitative estimate of drug-likeness (QED) is 0.330. The van der Waals surface area contributed by atoms with Gasteiger partial charge in [0.25, 0.3) is 0 Å². The number of fused-ring (bicyclic) bond motifs is 5. The van der Waals surface area contributed by atoms with E-state index in [1.807, 2.05) is 0 Å². The summed E-state index contributed by atoms with van der Waals surface area (Å²) in [5.74, 6) is 5.21. The van der Waals surface area contributed by atoms with E-state index < -0.39 is 0 Å². The van der Waals surface area contributed by atoms with Crippen molar-refractivity contribution in [3.05, 3.63) is 11.6 Å². The van der Waals surface area contributed by atoms with Crippen LogP contribution in [0.5, 0.6) is 0 Å². The number of halogens is 1. The highest BCUT2D eigenvalue weighted by molar-refractivity contribution is 5.67. The largest absolute Gasteiger partial charge is 1.00 e. The smallest absolute Gasteiger partial charge is 0.407 e. The molecule has 4 aliphatic carbocycles. The molecular weight excluding hydrogens is 492 g/mol. The minimum absolute atomic E-state index is 0. The molecule has 0 spiro atoms. The van der Waals surface area contributed by atoms with Gasteiger partial charge < -0.3 is 26.9 Å². The van der Waals surface area contributed by atoms with Crippen LogP contribution in [0.1, 0.15) is 105 Å². The average molecular weight is 551 g/mol. The molecule has 0 radical (unpaired) electrons. The minimum Gasteiger partial charge on any atom is -1.00 e. The van der Waals surface area contributed by atoms with E-state index in [1.165, 1.54) is 57.8 Å². The third-order valence-electron chi connectivity index (χ3n) is 11.6. The zero-order valence-electron chi connectivity index (χ0n) is 26.0. The topological polar surface area (TPSA) is 38.3 Å². The molecule has 0 saturated heterocycles. The van der Waals surface area contributed by atoms with Gasteiger partial charge in [0.15, 0.2) is 0 Å². The summed E-state index contributed by atoms with van der Waals surface area (Å²) in [6, 6.07) is 0.